The van der Waals surface area contributed by atoms with E-state index in [1.54, 1.807) is 24.3 Å². The van der Waals surface area contributed by atoms with Crippen LogP contribution in [0, 0.1) is 16.0 Å². The molecule has 0 radical (unpaired) electrons. The molecule has 2 aromatic rings. The molecule has 0 aromatic heterocycles. The molecular weight excluding hydrogens is 436 g/mol. The number of hydrazine groups is 1. The highest BCUT2D eigenvalue weighted by atomic mass is 16.6. The number of carbonyl (C=O) groups excluding carboxylic acids is 4. The smallest absolute Gasteiger partial charge is 0.311 e. The van der Waals surface area contributed by atoms with E-state index in [1.165, 1.54) is 25.3 Å². The highest BCUT2D eigenvalue weighted by Crippen LogP contribution is 2.23. The number of benzene rings is 2. The van der Waals surface area contributed by atoms with Crippen LogP contribution in [0.15, 0.2) is 48.5 Å². The van der Waals surface area contributed by atoms with Crippen molar-refractivity contribution in [3.8, 4) is 5.75 Å². The number of esters is 1. The maximum Gasteiger partial charge on any atom is 0.311 e. The summed E-state index contributed by atoms with van der Waals surface area (Å²) in [5.41, 5.74) is 2.03. The van der Waals surface area contributed by atoms with Gasteiger partial charge in [0.1, 0.15) is 11.3 Å². The van der Waals surface area contributed by atoms with Gasteiger partial charge in [0.05, 0.1) is 30.2 Å². The third-order valence-electron chi connectivity index (χ3n) is 4.77. The summed E-state index contributed by atoms with van der Waals surface area (Å²) in [7, 11) is 1.45. The lowest BCUT2D eigenvalue weighted by molar-refractivity contribution is -0.385. The lowest BCUT2D eigenvalue weighted by Crippen LogP contribution is -2.43. The third-order valence-corrected chi connectivity index (χ3v) is 4.77. The van der Waals surface area contributed by atoms with Gasteiger partial charge in [-0.25, -0.2) is 0 Å². The first kappa shape index (κ1) is 23.2. The summed E-state index contributed by atoms with van der Waals surface area (Å²) in [6, 6.07) is 12.0. The number of hydrogen-bond donors (Lipinski definition) is 2. The van der Waals surface area contributed by atoms with Gasteiger partial charge >= 0.3 is 5.97 Å². The van der Waals surface area contributed by atoms with Gasteiger partial charge in [0.2, 0.25) is 5.91 Å². The van der Waals surface area contributed by atoms with Crippen molar-refractivity contribution in [1.82, 2.24) is 10.4 Å². The Hall–Kier alpha value is -4.48. The normalized spacial score (nSPS) is 15.0. The summed E-state index contributed by atoms with van der Waals surface area (Å²) >= 11 is 0. The molecule has 1 atom stereocenters. The van der Waals surface area contributed by atoms with Gasteiger partial charge in [0, 0.05) is 12.5 Å². The molecule has 172 valence electrons. The summed E-state index contributed by atoms with van der Waals surface area (Å²) in [6.45, 7) is -0.775. The van der Waals surface area contributed by atoms with Crippen molar-refractivity contribution in [2.45, 2.75) is 6.42 Å². The number of nitro groups is 1. The fourth-order valence-electron chi connectivity index (χ4n) is 3.17. The largest absolute Gasteiger partial charge is 0.495 e. The molecule has 3 rings (SSSR count). The summed E-state index contributed by atoms with van der Waals surface area (Å²) in [5, 5.41) is 14.5. The van der Waals surface area contributed by atoms with Gasteiger partial charge in [-0.1, -0.05) is 24.3 Å². The lowest BCUT2D eigenvalue weighted by atomic mass is 10.1. The summed E-state index contributed by atoms with van der Waals surface area (Å²) in [4.78, 5) is 59.4. The van der Waals surface area contributed by atoms with Crippen molar-refractivity contribution in [3.05, 3.63) is 64.2 Å². The van der Waals surface area contributed by atoms with Crippen molar-refractivity contribution in [3.63, 3.8) is 0 Å². The third kappa shape index (κ3) is 5.61. The minimum absolute atomic E-state index is 0.196. The molecule has 1 saturated heterocycles. The van der Waals surface area contributed by atoms with Gasteiger partial charge in [0.15, 0.2) is 6.61 Å². The Morgan fingerprint density at radius 2 is 1.85 bits per heavy atom. The Bertz CT molecular complexity index is 1100. The van der Waals surface area contributed by atoms with Crippen LogP contribution in [0.1, 0.15) is 16.8 Å². The number of para-hydroxylation sites is 3. The van der Waals surface area contributed by atoms with Crippen molar-refractivity contribution >= 4 is 35.1 Å². The van der Waals surface area contributed by atoms with E-state index < -0.39 is 46.8 Å². The van der Waals surface area contributed by atoms with Crippen LogP contribution in [0.5, 0.6) is 5.75 Å². The van der Waals surface area contributed by atoms with Crippen LogP contribution >= 0.6 is 0 Å². The van der Waals surface area contributed by atoms with Crippen LogP contribution in [-0.4, -0.2) is 53.9 Å². The number of nitrogens with one attached hydrogen (secondary N) is 2. The van der Waals surface area contributed by atoms with Crippen LogP contribution in [0.4, 0.5) is 11.4 Å². The quantitative estimate of drug-likeness (QED) is 0.342. The van der Waals surface area contributed by atoms with Crippen LogP contribution in [0.3, 0.4) is 0 Å². The Balaban J connectivity index is 1.53. The zero-order chi connectivity index (χ0) is 24.0. The summed E-state index contributed by atoms with van der Waals surface area (Å²) < 4.78 is 10.1. The van der Waals surface area contributed by atoms with E-state index in [0.717, 1.165) is 11.1 Å². The predicted octanol–water partition coefficient (Wildman–Crippen LogP) is 1.28. The molecule has 0 unspecified atom stereocenters. The fraction of sp³-hybridized carbons (Fsp3) is 0.238. The Labute approximate surface area is 187 Å². The standard InChI is InChI=1S/C21H20N4O8/c1-32-17-9-5-3-7-15(17)22-18(26)12-33-21(29)13-10-19(27)24(11-13)23-20(28)14-6-2-4-8-16(14)25(30)31/h2-9,13H,10-12H2,1H3,(H,22,26)(H,23,28)/t13-/m1/s1. The van der Waals surface area contributed by atoms with E-state index in [9.17, 15) is 29.3 Å². The minimum atomic E-state index is -0.914. The summed E-state index contributed by atoms with van der Waals surface area (Å²) in [5.74, 6) is -3.30. The Morgan fingerprint density at radius 1 is 1.15 bits per heavy atom. The van der Waals surface area contributed by atoms with Crippen LogP contribution in [-0.2, 0) is 19.1 Å². The first-order chi connectivity index (χ1) is 15.8. The highest BCUT2D eigenvalue weighted by molar-refractivity contribution is 5.99. The zero-order valence-electron chi connectivity index (χ0n) is 17.5. The van der Waals surface area contributed by atoms with Gasteiger partial charge in [-0.2, -0.15) is 0 Å². The molecule has 12 heteroatoms. The maximum absolute atomic E-state index is 12.4. The number of nitro benzene ring substituents is 1. The van der Waals surface area contributed by atoms with E-state index in [0.29, 0.717) is 11.4 Å². The van der Waals surface area contributed by atoms with E-state index in [4.69, 9.17) is 9.47 Å². The molecule has 0 aliphatic carbocycles. The average molecular weight is 456 g/mol. The molecular formula is C21H20N4O8. The number of amides is 3. The molecule has 3 amide bonds. The number of nitrogens with zero attached hydrogens (tertiary/aromatic N) is 2. The van der Waals surface area contributed by atoms with E-state index in [1.807, 2.05) is 0 Å². The van der Waals surface area contributed by atoms with E-state index in [-0.39, 0.29) is 18.5 Å². The second kappa shape index (κ2) is 10.2. The highest BCUT2D eigenvalue weighted by Gasteiger charge is 2.37. The van der Waals surface area contributed by atoms with Crippen molar-refractivity contribution < 1.29 is 33.6 Å². The SMILES string of the molecule is COc1ccccc1NC(=O)COC(=O)[C@@H]1CC(=O)N(NC(=O)c2ccccc2[N+](=O)[O-])C1. The number of ether oxygens (including phenoxy) is 2. The maximum atomic E-state index is 12.4. The van der Waals surface area contributed by atoms with Crippen molar-refractivity contribution in [1.29, 1.82) is 0 Å². The van der Waals surface area contributed by atoms with Gasteiger partial charge in [-0.15, -0.1) is 0 Å². The van der Waals surface area contributed by atoms with Crippen LogP contribution in [0.2, 0.25) is 0 Å². The monoisotopic (exact) mass is 456 g/mol. The second-order valence-corrected chi connectivity index (χ2v) is 6.98. The molecule has 1 heterocycles. The first-order valence-electron chi connectivity index (χ1n) is 9.74. The number of anilines is 1. The average Bonchev–Trinajstić information content (AvgIpc) is 3.17. The Kier molecular flexibility index (Phi) is 7.18. The fourth-order valence-corrected chi connectivity index (χ4v) is 3.17. The molecule has 1 aliphatic rings. The molecule has 2 aromatic carbocycles. The van der Waals surface area contributed by atoms with E-state index >= 15 is 0 Å². The van der Waals surface area contributed by atoms with Gasteiger partial charge in [0.25, 0.3) is 17.5 Å². The van der Waals surface area contributed by atoms with Gasteiger partial charge in [-0.3, -0.25) is 39.7 Å². The van der Waals surface area contributed by atoms with Gasteiger partial charge in [-0.05, 0) is 18.2 Å². The molecule has 2 N–H and O–H groups in total. The van der Waals surface area contributed by atoms with Crippen molar-refractivity contribution in [2.24, 2.45) is 5.92 Å². The molecule has 0 spiro atoms. The minimum Gasteiger partial charge on any atom is -0.495 e. The van der Waals surface area contributed by atoms with Crippen LogP contribution in [0.25, 0.3) is 0 Å². The molecule has 1 fully saturated rings. The Morgan fingerprint density at radius 3 is 2.58 bits per heavy atom. The molecule has 0 saturated carbocycles. The molecule has 1 aliphatic heterocycles. The molecule has 0 bridgehead atoms. The predicted molar refractivity (Wildman–Crippen MR) is 113 cm³/mol. The molecule has 33 heavy (non-hydrogen) atoms. The van der Waals surface area contributed by atoms with Crippen LogP contribution < -0.4 is 15.5 Å². The topological polar surface area (TPSA) is 157 Å². The van der Waals surface area contributed by atoms with E-state index in [2.05, 4.69) is 10.7 Å². The number of methoxy groups -OCH3 is 1. The number of rotatable bonds is 8. The lowest BCUT2D eigenvalue weighted by Gasteiger charge is -2.17. The van der Waals surface area contributed by atoms with Gasteiger partial charge < -0.3 is 14.8 Å². The van der Waals surface area contributed by atoms with Crippen molar-refractivity contribution in [2.75, 3.05) is 25.6 Å². The first-order valence-corrected chi connectivity index (χ1v) is 9.74. The molecule has 12 nitrogen and oxygen atoms in total. The number of carbonyl (C=O) groups is 4. The second-order valence-electron chi connectivity index (χ2n) is 6.98. The zero-order valence-corrected chi connectivity index (χ0v) is 17.5. The summed E-state index contributed by atoms with van der Waals surface area (Å²) in [6.07, 6.45) is -0.246. The number of hydrogen-bond acceptors (Lipinski definition) is 8.